The molecule has 2 amide bonds. The van der Waals surface area contributed by atoms with Gasteiger partial charge in [-0.15, -0.1) is 0 Å². The predicted molar refractivity (Wildman–Crippen MR) is 92.3 cm³/mol. The van der Waals surface area contributed by atoms with Crippen molar-refractivity contribution in [3.05, 3.63) is 70.0 Å². The lowest BCUT2D eigenvalue weighted by atomic mass is 10.1. The van der Waals surface area contributed by atoms with E-state index in [2.05, 4.69) is 5.32 Å². The summed E-state index contributed by atoms with van der Waals surface area (Å²) in [6.45, 7) is 0.607. The average molecular weight is 357 g/mol. The summed E-state index contributed by atoms with van der Waals surface area (Å²) >= 11 is 0. The molecule has 1 atom stereocenters. The summed E-state index contributed by atoms with van der Waals surface area (Å²) in [5, 5.41) is 13.7. The molecule has 2 aromatic rings. The molecule has 1 unspecified atom stereocenters. The van der Waals surface area contributed by atoms with Crippen LogP contribution in [0.15, 0.2) is 48.5 Å². The molecule has 1 fully saturated rings. The molecule has 1 N–H and O–H groups in total. The van der Waals surface area contributed by atoms with Crippen LogP contribution in [0.25, 0.3) is 0 Å². The average Bonchev–Trinajstić information content (AvgIpc) is 3.01. The number of nitro benzene ring substituents is 1. The Morgan fingerprint density at radius 1 is 1.23 bits per heavy atom. The van der Waals surface area contributed by atoms with E-state index in [1.807, 2.05) is 0 Å². The number of rotatable bonds is 5. The van der Waals surface area contributed by atoms with Crippen LogP contribution in [0.5, 0.6) is 0 Å². The van der Waals surface area contributed by atoms with Gasteiger partial charge in [0, 0.05) is 37.2 Å². The molecular formula is C18H16FN3O4. The number of hydrogen-bond acceptors (Lipinski definition) is 4. The molecule has 8 heteroatoms. The number of hydrogen-bond donors (Lipinski definition) is 1. The number of para-hydroxylation sites is 1. The predicted octanol–water partition coefficient (Wildman–Crippen LogP) is 2.52. The van der Waals surface area contributed by atoms with Gasteiger partial charge < -0.3 is 10.2 Å². The van der Waals surface area contributed by atoms with Crippen molar-refractivity contribution in [2.24, 2.45) is 5.92 Å². The SMILES string of the molecule is O=C(NCC1CC(=O)N(c2ccc(F)cc2)C1)c1ccccc1[N+](=O)[O-]. The first-order valence-electron chi connectivity index (χ1n) is 8.03. The maximum Gasteiger partial charge on any atom is 0.282 e. The van der Waals surface area contributed by atoms with Gasteiger partial charge in [-0.05, 0) is 30.3 Å². The number of benzene rings is 2. The molecule has 1 aliphatic rings. The summed E-state index contributed by atoms with van der Waals surface area (Å²) in [6, 6.07) is 11.3. The molecule has 26 heavy (non-hydrogen) atoms. The number of amides is 2. The van der Waals surface area contributed by atoms with Gasteiger partial charge in [-0.25, -0.2) is 4.39 Å². The Bertz CT molecular complexity index is 854. The van der Waals surface area contributed by atoms with Crippen molar-refractivity contribution in [2.75, 3.05) is 18.0 Å². The minimum atomic E-state index is -0.607. The largest absolute Gasteiger partial charge is 0.351 e. The van der Waals surface area contributed by atoms with Gasteiger partial charge >= 0.3 is 0 Å². The molecule has 0 bridgehead atoms. The number of anilines is 1. The van der Waals surface area contributed by atoms with Gasteiger partial charge in [-0.3, -0.25) is 19.7 Å². The Morgan fingerprint density at radius 3 is 2.62 bits per heavy atom. The topological polar surface area (TPSA) is 92.6 Å². The van der Waals surface area contributed by atoms with Gasteiger partial charge in [0.05, 0.1) is 4.92 Å². The van der Waals surface area contributed by atoms with Gasteiger partial charge in [0.15, 0.2) is 0 Å². The zero-order valence-electron chi connectivity index (χ0n) is 13.7. The lowest BCUT2D eigenvalue weighted by Gasteiger charge is -2.17. The van der Waals surface area contributed by atoms with E-state index in [4.69, 9.17) is 0 Å². The van der Waals surface area contributed by atoms with E-state index in [0.29, 0.717) is 12.2 Å². The Morgan fingerprint density at radius 2 is 1.92 bits per heavy atom. The fraction of sp³-hybridized carbons (Fsp3) is 0.222. The van der Waals surface area contributed by atoms with Crippen LogP contribution < -0.4 is 10.2 Å². The molecule has 0 spiro atoms. The van der Waals surface area contributed by atoms with Gasteiger partial charge in [0.2, 0.25) is 5.91 Å². The smallest absolute Gasteiger partial charge is 0.282 e. The Hall–Kier alpha value is -3.29. The summed E-state index contributed by atoms with van der Waals surface area (Å²) < 4.78 is 13.0. The van der Waals surface area contributed by atoms with E-state index in [-0.39, 0.29) is 41.9 Å². The third-order valence-electron chi connectivity index (χ3n) is 4.24. The van der Waals surface area contributed by atoms with Crippen LogP contribution in [0.2, 0.25) is 0 Å². The summed E-state index contributed by atoms with van der Waals surface area (Å²) in [6.07, 6.45) is 0.245. The number of nitrogens with zero attached hydrogens (tertiary/aromatic N) is 2. The third kappa shape index (κ3) is 3.69. The molecule has 7 nitrogen and oxygen atoms in total. The lowest BCUT2D eigenvalue weighted by Crippen LogP contribution is -2.31. The molecule has 1 aliphatic heterocycles. The van der Waals surface area contributed by atoms with Crippen molar-refractivity contribution in [1.82, 2.24) is 5.32 Å². The summed E-state index contributed by atoms with van der Waals surface area (Å²) in [5.41, 5.74) is 0.321. The van der Waals surface area contributed by atoms with Gasteiger partial charge in [0.25, 0.3) is 11.6 Å². The molecule has 3 rings (SSSR count). The fourth-order valence-electron chi connectivity index (χ4n) is 2.95. The molecule has 134 valence electrons. The van der Waals surface area contributed by atoms with Crippen LogP contribution in [0.3, 0.4) is 0 Å². The second-order valence-electron chi connectivity index (χ2n) is 6.04. The molecule has 1 heterocycles. The number of halogens is 1. The summed E-state index contributed by atoms with van der Waals surface area (Å²) in [5.74, 6) is -1.17. The Balaban J connectivity index is 1.62. The minimum absolute atomic E-state index is 0.0165. The zero-order valence-corrected chi connectivity index (χ0v) is 13.7. The van der Waals surface area contributed by atoms with Crippen LogP contribution in [0, 0.1) is 21.8 Å². The first kappa shape index (κ1) is 17.5. The van der Waals surface area contributed by atoms with Crippen molar-refractivity contribution in [2.45, 2.75) is 6.42 Å². The van der Waals surface area contributed by atoms with Crippen LogP contribution in [-0.2, 0) is 4.79 Å². The number of nitrogens with one attached hydrogen (secondary N) is 1. The summed E-state index contributed by atoms with van der Waals surface area (Å²) in [4.78, 5) is 36.3. The number of nitro groups is 1. The maximum atomic E-state index is 13.0. The highest BCUT2D eigenvalue weighted by Crippen LogP contribution is 2.25. The fourth-order valence-corrected chi connectivity index (χ4v) is 2.95. The highest BCUT2D eigenvalue weighted by atomic mass is 19.1. The highest BCUT2D eigenvalue weighted by molar-refractivity contribution is 5.98. The van der Waals surface area contributed by atoms with Gasteiger partial charge in [-0.2, -0.15) is 0 Å². The molecule has 0 aliphatic carbocycles. The number of carbonyl (C=O) groups excluding carboxylic acids is 2. The first-order valence-corrected chi connectivity index (χ1v) is 8.03. The van der Waals surface area contributed by atoms with E-state index in [9.17, 15) is 24.1 Å². The van der Waals surface area contributed by atoms with E-state index < -0.39 is 10.8 Å². The minimum Gasteiger partial charge on any atom is -0.351 e. The van der Waals surface area contributed by atoms with Crippen molar-refractivity contribution < 1.29 is 18.9 Å². The van der Waals surface area contributed by atoms with E-state index in [1.54, 1.807) is 11.0 Å². The molecule has 1 saturated heterocycles. The molecule has 2 aromatic carbocycles. The monoisotopic (exact) mass is 357 g/mol. The molecule has 0 aromatic heterocycles. The first-order chi connectivity index (χ1) is 12.5. The van der Waals surface area contributed by atoms with Gasteiger partial charge in [0.1, 0.15) is 11.4 Å². The van der Waals surface area contributed by atoms with Crippen LogP contribution in [0.4, 0.5) is 15.8 Å². The Labute approximate surface area is 148 Å². The van der Waals surface area contributed by atoms with E-state index >= 15 is 0 Å². The zero-order chi connectivity index (χ0) is 18.7. The molecule has 0 saturated carbocycles. The van der Waals surface area contributed by atoms with Crippen LogP contribution >= 0.6 is 0 Å². The molecular weight excluding hydrogens is 341 g/mol. The quantitative estimate of drug-likeness (QED) is 0.657. The van der Waals surface area contributed by atoms with E-state index in [1.165, 1.54) is 42.5 Å². The van der Waals surface area contributed by atoms with E-state index in [0.717, 1.165) is 0 Å². The van der Waals surface area contributed by atoms with Crippen LogP contribution in [0.1, 0.15) is 16.8 Å². The number of carbonyl (C=O) groups is 2. The second kappa shape index (κ2) is 7.30. The second-order valence-corrected chi connectivity index (χ2v) is 6.04. The summed E-state index contributed by atoms with van der Waals surface area (Å²) in [7, 11) is 0. The van der Waals surface area contributed by atoms with Crippen molar-refractivity contribution in [3.8, 4) is 0 Å². The van der Waals surface area contributed by atoms with Crippen molar-refractivity contribution in [3.63, 3.8) is 0 Å². The normalized spacial score (nSPS) is 16.6. The van der Waals surface area contributed by atoms with Crippen LogP contribution in [-0.4, -0.2) is 29.8 Å². The third-order valence-corrected chi connectivity index (χ3v) is 4.24. The molecule has 0 radical (unpaired) electrons. The van der Waals surface area contributed by atoms with Crippen molar-refractivity contribution in [1.29, 1.82) is 0 Å². The van der Waals surface area contributed by atoms with Gasteiger partial charge in [-0.1, -0.05) is 12.1 Å². The van der Waals surface area contributed by atoms with Crippen molar-refractivity contribution >= 4 is 23.2 Å². The Kier molecular flexibility index (Phi) is 4.92. The highest BCUT2D eigenvalue weighted by Gasteiger charge is 2.31. The standard InChI is InChI=1S/C18H16FN3O4/c19-13-5-7-14(8-6-13)21-11-12(9-17(21)23)10-20-18(24)15-3-1-2-4-16(15)22(25)26/h1-8,12H,9-11H2,(H,20,24). The maximum absolute atomic E-state index is 13.0. The lowest BCUT2D eigenvalue weighted by molar-refractivity contribution is -0.385.